The molecule has 0 heterocycles. The Bertz CT molecular complexity index is 250. The molecule has 0 saturated heterocycles. The molecular formula is C10H16O6. The second kappa shape index (κ2) is 7.84. The van der Waals surface area contributed by atoms with E-state index in [1.165, 1.54) is 6.08 Å². The molecule has 2 unspecified atom stereocenters. The first-order valence-electron chi connectivity index (χ1n) is 4.84. The highest BCUT2D eigenvalue weighted by atomic mass is 16.6. The number of aliphatic hydroxyl groups excluding tert-OH is 2. The van der Waals surface area contributed by atoms with Gasteiger partial charge in [0, 0.05) is 0 Å². The molecule has 0 fully saturated rings. The number of ether oxygens (including phenoxy) is 2. The van der Waals surface area contributed by atoms with Crippen LogP contribution in [0.2, 0.25) is 0 Å². The van der Waals surface area contributed by atoms with Crippen LogP contribution in [0, 0.1) is 0 Å². The van der Waals surface area contributed by atoms with Crippen LogP contribution in [-0.4, -0.2) is 47.6 Å². The lowest BCUT2D eigenvalue weighted by molar-refractivity contribution is -0.172. The molecule has 2 atom stereocenters. The summed E-state index contributed by atoms with van der Waals surface area (Å²) in [4.78, 5) is 22.1. The summed E-state index contributed by atoms with van der Waals surface area (Å²) < 4.78 is 9.01. The van der Waals surface area contributed by atoms with Crippen molar-refractivity contribution in [2.24, 2.45) is 0 Å². The summed E-state index contributed by atoms with van der Waals surface area (Å²) in [5, 5.41) is 18.5. The maximum atomic E-state index is 11.1. The van der Waals surface area contributed by atoms with Crippen molar-refractivity contribution in [3.05, 3.63) is 12.7 Å². The molecule has 0 aliphatic rings. The highest BCUT2D eigenvalue weighted by Gasteiger charge is 2.32. The summed E-state index contributed by atoms with van der Waals surface area (Å²) in [6.45, 7) is 5.08. The maximum Gasteiger partial charge on any atom is 0.338 e. The van der Waals surface area contributed by atoms with Gasteiger partial charge in [-0.3, -0.25) is 0 Å². The van der Waals surface area contributed by atoms with Gasteiger partial charge in [-0.05, 0) is 6.42 Å². The van der Waals surface area contributed by atoms with E-state index in [4.69, 9.17) is 0 Å². The molecule has 2 N–H and O–H groups in total. The summed E-state index contributed by atoms with van der Waals surface area (Å²) in [5.74, 6) is -2.15. The lowest BCUT2D eigenvalue weighted by Gasteiger charge is -2.15. The third kappa shape index (κ3) is 4.90. The first-order valence-corrected chi connectivity index (χ1v) is 4.84. The number of hydrogen-bond acceptors (Lipinski definition) is 6. The van der Waals surface area contributed by atoms with E-state index < -0.39 is 24.1 Å². The topological polar surface area (TPSA) is 93.1 Å². The smallest absolute Gasteiger partial charge is 0.338 e. The number of hydrogen-bond donors (Lipinski definition) is 2. The molecule has 0 spiro atoms. The van der Waals surface area contributed by atoms with Crippen LogP contribution in [0.1, 0.15) is 13.3 Å². The molecule has 16 heavy (non-hydrogen) atoms. The molecule has 0 radical (unpaired) electrons. The van der Waals surface area contributed by atoms with Gasteiger partial charge in [0.2, 0.25) is 0 Å². The number of rotatable bonds is 7. The second-order valence-electron chi connectivity index (χ2n) is 2.98. The summed E-state index contributed by atoms with van der Waals surface area (Å²) in [7, 11) is 0. The van der Waals surface area contributed by atoms with Gasteiger partial charge in [0.1, 0.15) is 6.61 Å². The van der Waals surface area contributed by atoms with Crippen molar-refractivity contribution in [2.75, 3.05) is 13.2 Å². The van der Waals surface area contributed by atoms with Gasteiger partial charge in [-0.2, -0.15) is 0 Å². The Morgan fingerprint density at radius 2 is 1.75 bits per heavy atom. The minimum Gasteiger partial charge on any atom is -0.464 e. The van der Waals surface area contributed by atoms with Crippen molar-refractivity contribution in [2.45, 2.75) is 25.6 Å². The standard InChI is InChI=1S/C10H16O6/c1-3-5-15-9(13)7(11)8(12)10(14)16-6-4-2/h3,7-8,11-12H,1,4-6H2,2H3. The normalized spacial score (nSPS) is 13.7. The first kappa shape index (κ1) is 14.6. The fraction of sp³-hybridized carbons (Fsp3) is 0.600. The fourth-order valence-electron chi connectivity index (χ4n) is 0.772. The molecule has 92 valence electrons. The van der Waals surface area contributed by atoms with Crippen LogP contribution in [0.5, 0.6) is 0 Å². The van der Waals surface area contributed by atoms with E-state index in [0.717, 1.165) is 0 Å². The van der Waals surface area contributed by atoms with Crippen molar-refractivity contribution in [3.8, 4) is 0 Å². The average Bonchev–Trinajstić information content (AvgIpc) is 2.30. The number of esters is 2. The van der Waals surface area contributed by atoms with Crippen molar-refractivity contribution < 1.29 is 29.3 Å². The van der Waals surface area contributed by atoms with E-state index in [2.05, 4.69) is 16.1 Å². The molecule has 0 aromatic rings. The Morgan fingerprint density at radius 1 is 1.25 bits per heavy atom. The number of carbonyl (C=O) groups excluding carboxylic acids is 2. The molecule has 0 aromatic heterocycles. The maximum absolute atomic E-state index is 11.1. The van der Waals surface area contributed by atoms with Gasteiger partial charge >= 0.3 is 11.9 Å². The van der Waals surface area contributed by atoms with Gasteiger partial charge < -0.3 is 19.7 Å². The predicted molar refractivity (Wildman–Crippen MR) is 54.4 cm³/mol. The highest BCUT2D eigenvalue weighted by Crippen LogP contribution is 2.00. The monoisotopic (exact) mass is 232 g/mol. The average molecular weight is 232 g/mol. The van der Waals surface area contributed by atoms with Gasteiger partial charge in [-0.15, -0.1) is 0 Å². The van der Waals surface area contributed by atoms with Crippen molar-refractivity contribution >= 4 is 11.9 Å². The zero-order chi connectivity index (χ0) is 12.6. The zero-order valence-corrected chi connectivity index (χ0v) is 9.09. The Labute approximate surface area is 93.5 Å². The number of aliphatic hydroxyl groups is 2. The van der Waals surface area contributed by atoms with Crippen LogP contribution in [0.4, 0.5) is 0 Å². The largest absolute Gasteiger partial charge is 0.464 e. The quantitative estimate of drug-likeness (QED) is 0.449. The van der Waals surface area contributed by atoms with Gasteiger partial charge in [0.25, 0.3) is 0 Å². The van der Waals surface area contributed by atoms with E-state index in [-0.39, 0.29) is 13.2 Å². The van der Waals surface area contributed by atoms with Crippen LogP contribution in [0.15, 0.2) is 12.7 Å². The molecule has 0 aromatic carbocycles. The van der Waals surface area contributed by atoms with Crippen LogP contribution in [0.3, 0.4) is 0 Å². The SMILES string of the molecule is C=CCOC(=O)C(O)C(O)C(=O)OCCC. The first-order chi connectivity index (χ1) is 7.54. The van der Waals surface area contributed by atoms with Crippen molar-refractivity contribution in [1.82, 2.24) is 0 Å². The van der Waals surface area contributed by atoms with E-state index in [1.807, 2.05) is 0 Å². The van der Waals surface area contributed by atoms with Crippen LogP contribution >= 0.6 is 0 Å². The molecular weight excluding hydrogens is 216 g/mol. The van der Waals surface area contributed by atoms with Gasteiger partial charge in [-0.1, -0.05) is 19.6 Å². The van der Waals surface area contributed by atoms with Gasteiger partial charge in [-0.25, -0.2) is 9.59 Å². The molecule has 0 saturated carbocycles. The lowest BCUT2D eigenvalue weighted by atomic mass is 10.2. The van der Waals surface area contributed by atoms with Gasteiger partial charge in [0.15, 0.2) is 12.2 Å². The van der Waals surface area contributed by atoms with E-state index in [1.54, 1.807) is 6.92 Å². The van der Waals surface area contributed by atoms with Gasteiger partial charge in [0.05, 0.1) is 6.61 Å². The summed E-state index contributed by atoms with van der Waals surface area (Å²) >= 11 is 0. The van der Waals surface area contributed by atoms with Crippen LogP contribution in [0.25, 0.3) is 0 Å². The Kier molecular flexibility index (Phi) is 7.15. The molecule has 0 bridgehead atoms. The molecule has 0 aliphatic carbocycles. The zero-order valence-electron chi connectivity index (χ0n) is 9.09. The molecule has 0 rings (SSSR count). The Balaban J connectivity index is 4.14. The van der Waals surface area contributed by atoms with E-state index >= 15 is 0 Å². The Hall–Kier alpha value is -1.40. The molecule has 0 aliphatic heterocycles. The third-order valence-corrected chi connectivity index (χ3v) is 1.57. The van der Waals surface area contributed by atoms with Crippen LogP contribution in [-0.2, 0) is 19.1 Å². The minimum absolute atomic E-state index is 0.105. The third-order valence-electron chi connectivity index (χ3n) is 1.57. The number of carbonyl (C=O) groups is 2. The van der Waals surface area contributed by atoms with E-state index in [0.29, 0.717) is 6.42 Å². The molecule has 0 amide bonds. The summed E-state index contributed by atoms with van der Waals surface area (Å²) in [6.07, 6.45) is -1.99. The highest BCUT2D eigenvalue weighted by molar-refractivity contribution is 5.85. The minimum atomic E-state index is -1.94. The van der Waals surface area contributed by atoms with Crippen molar-refractivity contribution in [1.29, 1.82) is 0 Å². The second-order valence-corrected chi connectivity index (χ2v) is 2.98. The Morgan fingerprint density at radius 3 is 2.19 bits per heavy atom. The van der Waals surface area contributed by atoms with Crippen molar-refractivity contribution in [3.63, 3.8) is 0 Å². The van der Waals surface area contributed by atoms with Crippen LogP contribution < -0.4 is 0 Å². The summed E-state index contributed by atoms with van der Waals surface area (Å²) in [6, 6.07) is 0. The molecule has 6 nitrogen and oxygen atoms in total. The fourth-order valence-corrected chi connectivity index (χ4v) is 0.772. The van der Waals surface area contributed by atoms with E-state index in [9.17, 15) is 19.8 Å². The predicted octanol–water partition coefficient (Wildman–Crippen LogP) is -0.609. The molecule has 6 heteroatoms. The summed E-state index contributed by atoms with van der Waals surface area (Å²) in [5.41, 5.74) is 0. The lowest BCUT2D eigenvalue weighted by Crippen LogP contribution is -2.41.